The van der Waals surface area contributed by atoms with E-state index in [9.17, 15) is 9.59 Å². The molecule has 5 nitrogen and oxygen atoms in total. The fourth-order valence-corrected chi connectivity index (χ4v) is 3.58. The van der Waals surface area contributed by atoms with Crippen LogP contribution in [0.5, 0.6) is 0 Å². The first-order valence-electron chi connectivity index (χ1n) is 8.15. The van der Waals surface area contributed by atoms with Gasteiger partial charge < -0.3 is 10.2 Å². The van der Waals surface area contributed by atoms with Gasteiger partial charge in [0, 0.05) is 43.1 Å². The first-order chi connectivity index (χ1) is 11.5. The second-order valence-electron chi connectivity index (χ2n) is 5.98. The van der Waals surface area contributed by atoms with Gasteiger partial charge in [-0.25, -0.2) is 4.98 Å². The van der Waals surface area contributed by atoms with Crippen LogP contribution in [0.3, 0.4) is 0 Å². The molecular weight excluding hydrogens is 322 g/mol. The zero-order valence-corrected chi connectivity index (χ0v) is 14.8. The molecule has 3 rings (SSSR count). The largest absolute Gasteiger partial charge is 0.356 e. The highest BCUT2D eigenvalue weighted by molar-refractivity contribution is 7.09. The number of hydrogen-bond donors (Lipinski definition) is 1. The molecule has 0 atom stereocenters. The Bertz CT molecular complexity index is 769. The summed E-state index contributed by atoms with van der Waals surface area (Å²) in [6, 6.07) is 6.21. The number of hydrogen-bond acceptors (Lipinski definition) is 4. The average molecular weight is 343 g/mol. The van der Waals surface area contributed by atoms with Gasteiger partial charge in [-0.3, -0.25) is 9.59 Å². The Kier molecular flexibility index (Phi) is 4.94. The van der Waals surface area contributed by atoms with Gasteiger partial charge in [-0.1, -0.05) is 6.07 Å². The van der Waals surface area contributed by atoms with Crippen LogP contribution in [-0.4, -0.2) is 29.9 Å². The van der Waals surface area contributed by atoms with E-state index in [0.29, 0.717) is 19.4 Å². The molecule has 2 aromatic rings. The molecule has 0 spiro atoms. The predicted molar refractivity (Wildman–Crippen MR) is 96.3 cm³/mol. The van der Waals surface area contributed by atoms with Crippen LogP contribution in [-0.2, 0) is 16.0 Å². The fraction of sp³-hybridized carbons (Fsp3) is 0.389. The summed E-state index contributed by atoms with van der Waals surface area (Å²) in [7, 11) is 0. The summed E-state index contributed by atoms with van der Waals surface area (Å²) < 4.78 is 0. The van der Waals surface area contributed by atoms with Crippen LogP contribution >= 0.6 is 11.3 Å². The maximum atomic E-state index is 12.4. The minimum Gasteiger partial charge on any atom is -0.356 e. The maximum Gasteiger partial charge on any atom is 0.227 e. The summed E-state index contributed by atoms with van der Waals surface area (Å²) in [6.07, 6.45) is 2.00. The van der Waals surface area contributed by atoms with Crippen molar-refractivity contribution in [2.24, 2.45) is 0 Å². The maximum absolute atomic E-state index is 12.4. The van der Waals surface area contributed by atoms with Gasteiger partial charge >= 0.3 is 0 Å². The summed E-state index contributed by atoms with van der Waals surface area (Å²) in [5.74, 6) is 0.0649. The third-order valence-electron chi connectivity index (χ3n) is 4.13. The van der Waals surface area contributed by atoms with Gasteiger partial charge in [0.1, 0.15) is 0 Å². The van der Waals surface area contributed by atoms with E-state index < -0.39 is 0 Å². The van der Waals surface area contributed by atoms with Crippen LogP contribution in [0.2, 0.25) is 0 Å². The lowest BCUT2D eigenvalue weighted by atomic mass is 10.1. The number of aryl methyl sites for hydroxylation is 1. The topological polar surface area (TPSA) is 62.3 Å². The van der Waals surface area contributed by atoms with Crippen molar-refractivity contribution < 1.29 is 9.59 Å². The highest BCUT2D eigenvalue weighted by Crippen LogP contribution is 2.33. The molecule has 1 aromatic heterocycles. The number of aromatic nitrogens is 1. The summed E-state index contributed by atoms with van der Waals surface area (Å²) >= 11 is 1.65. The Hall–Kier alpha value is -2.21. The minimum absolute atomic E-state index is 0.0567. The zero-order chi connectivity index (χ0) is 17.1. The van der Waals surface area contributed by atoms with E-state index in [1.54, 1.807) is 11.3 Å². The second kappa shape index (κ2) is 7.13. The highest BCUT2D eigenvalue weighted by atomic mass is 32.1. The lowest BCUT2D eigenvalue weighted by Gasteiger charge is -2.17. The van der Waals surface area contributed by atoms with Crippen molar-refractivity contribution in [3.05, 3.63) is 34.2 Å². The van der Waals surface area contributed by atoms with Crippen molar-refractivity contribution in [2.45, 2.75) is 33.1 Å². The van der Waals surface area contributed by atoms with Crippen molar-refractivity contribution in [3.63, 3.8) is 0 Å². The molecule has 1 aliphatic heterocycles. The van der Waals surface area contributed by atoms with E-state index in [1.807, 2.05) is 24.0 Å². The fourth-order valence-electron chi connectivity index (χ4n) is 2.96. The van der Waals surface area contributed by atoms with E-state index in [0.717, 1.165) is 34.9 Å². The molecule has 24 heavy (non-hydrogen) atoms. The molecule has 0 fully saturated rings. The molecule has 1 aliphatic rings. The molecule has 1 N–H and O–H groups in total. The normalized spacial score (nSPS) is 13.0. The summed E-state index contributed by atoms with van der Waals surface area (Å²) in [4.78, 5) is 29.6. The molecule has 6 heteroatoms. The number of carbonyl (C=O) groups is 2. The number of fused-ring (bicyclic) bond motifs is 1. The molecule has 0 unspecified atom stereocenters. The molecule has 126 valence electrons. The van der Waals surface area contributed by atoms with Gasteiger partial charge in [0.2, 0.25) is 11.8 Å². The monoisotopic (exact) mass is 343 g/mol. The van der Waals surface area contributed by atoms with E-state index in [-0.39, 0.29) is 11.8 Å². The first kappa shape index (κ1) is 16.6. The van der Waals surface area contributed by atoms with Crippen LogP contribution in [0.25, 0.3) is 11.3 Å². The quantitative estimate of drug-likeness (QED) is 0.849. The molecule has 0 aliphatic carbocycles. The average Bonchev–Trinajstić information content (AvgIpc) is 3.16. The number of amides is 2. The number of carbonyl (C=O) groups excluding carboxylic acids is 2. The van der Waals surface area contributed by atoms with Gasteiger partial charge in [0.25, 0.3) is 0 Å². The number of benzene rings is 1. The van der Waals surface area contributed by atoms with Gasteiger partial charge in [-0.05, 0) is 37.5 Å². The SMILES string of the molecule is CC(=O)NCCCC(=O)N1CCc2cc(-c3csc(C)n3)ccc21. The van der Waals surface area contributed by atoms with Crippen LogP contribution in [0.4, 0.5) is 5.69 Å². The Balaban J connectivity index is 1.66. The van der Waals surface area contributed by atoms with Crippen LogP contribution in [0.1, 0.15) is 30.3 Å². The van der Waals surface area contributed by atoms with Crippen molar-refractivity contribution >= 4 is 28.8 Å². The second-order valence-corrected chi connectivity index (χ2v) is 7.04. The molecule has 0 bridgehead atoms. The summed E-state index contributed by atoms with van der Waals surface area (Å²) in [5, 5.41) is 5.85. The van der Waals surface area contributed by atoms with Crippen molar-refractivity contribution in [1.29, 1.82) is 0 Å². The van der Waals surface area contributed by atoms with Gasteiger partial charge in [-0.15, -0.1) is 11.3 Å². The zero-order valence-electron chi connectivity index (χ0n) is 14.0. The smallest absolute Gasteiger partial charge is 0.227 e. The molecule has 0 saturated heterocycles. The van der Waals surface area contributed by atoms with E-state index >= 15 is 0 Å². The molecule has 0 radical (unpaired) electrons. The number of thiazole rings is 1. The third kappa shape index (κ3) is 3.64. The van der Waals surface area contributed by atoms with Crippen LogP contribution in [0, 0.1) is 6.92 Å². The van der Waals surface area contributed by atoms with Gasteiger partial charge in [0.05, 0.1) is 10.7 Å². The summed E-state index contributed by atoms with van der Waals surface area (Å²) in [5.41, 5.74) is 4.32. The molecular formula is C18H21N3O2S. The summed E-state index contributed by atoms with van der Waals surface area (Å²) in [6.45, 7) is 4.76. The molecule has 1 aromatic carbocycles. The van der Waals surface area contributed by atoms with Crippen molar-refractivity contribution in [2.75, 3.05) is 18.0 Å². The predicted octanol–water partition coefficient (Wildman–Crippen LogP) is 2.92. The number of rotatable bonds is 5. The van der Waals surface area contributed by atoms with Crippen LogP contribution in [0.15, 0.2) is 23.6 Å². The Morgan fingerprint density at radius 1 is 1.38 bits per heavy atom. The third-order valence-corrected chi connectivity index (χ3v) is 4.91. The Morgan fingerprint density at radius 2 is 2.21 bits per heavy atom. The standard InChI is InChI=1S/C18H21N3O2S/c1-12(22)19-8-3-4-18(23)21-9-7-15-10-14(5-6-17(15)21)16-11-24-13(2)20-16/h5-6,10-11H,3-4,7-9H2,1-2H3,(H,19,22). The van der Waals surface area contributed by atoms with Crippen molar-refractivity contribution in [1.82, 2.24) is 10.3 Å². The Morgan fingerprint density at radius 3 is 2.92 bits per heavy atom. The lowest BCUT2D eigenvalue weighted by molar-refractivity contribution is -0.120. The van der Waals surface area contributed by atoms with Gasteiger partial charge in [0.15, 0.2) is 0 Å². The lowest BCUT2D eigenvalue weighted by Crippen LogP contribution is -2.30. The van der Waals surface area contributed by atoms with E-state index in [4.69, 9.17) is 0 Å². The minimum atomic E-state index is -0.0567. The van der Waals surface area contributed by atoms with Crippen LogP contribution < -0.4 is 10.2 Å². The van der Waals surface area contributed by atoms with E-state index in [1.165, 1.54) is 12.5 Å². The number of nitrogens with zero attached hydrogens (tertiary/aromatic N) is 2. The number of nitrogens with one attached hydrogen (secondary N) is 1. The van der Waals surface area contributed by atoms with Crippen molar-refractivity contribution in [3.8, 4) is 11.3 Å². The highest BCUT2D eigenvalue weighted by Gasteiger charge is 2.24. The molecule has 0 saturated carbocycles. The molecule has 2 amide bonds. The molecule has 2 heterocycles. The van der Waals surface area contributed by atoms with Gasteiger partial charge in [-0.2, -0.15) is 0 Å². The Labute approximate surface area is 145 Å². The first-order valence-corrected chi connectivity index (χ1v) is 9.03. The number of anilines is 1. The van der Waals surface area contributed by atoms with E-state index in [2.05, 4.69) is 21.7 Å².